The number of hydrogen-bond donors (Lipinski definition) is 3. The van der Waals surface area contributed by atoms with Crippen molar-refractivity contribution in [1.82, 2.24) is 0 Å². The maximum atomic E-state index is 13.2. The van der Waals surface area contributed by atoms with Crippen LogP contribution in [-0.4, -0.2) is 24.7 Å². The minimum atomic E-state index is -0.209. The van der Waals surface area contributed by atoms with E-state index in [0.717, 1.165) is 0 Å². The third-order valence-corrected chi connectivity index (χ3v) is 5.89. The number of nitrogens with one attached hydrogen (secondary N) is 1. The molecule has 0 bridgehead atoms. The molecule has 0 radical (unpaired) electrons. The van der Waals surface area contributed by atoms with Crippen LogP contribution in [0.5, 0.6) is 0 Å². The normalized spacial score (nSPS) is 11.3. The number of hydrogen-bond acceptors (Lipinski definition) is 6. The minimum Gasteiger partial charge on any atom is -0.397 e. The van der Waals surface area contributed by atoms with Gasteiger partial charge < -0.3 is 16.8 Å². The van der Waals surface area contributed by atoms with E-state index in [0.29, 0.717) is 39.7 Å². The third-order valence-electron chi connectivity index (χ3n) is 4.73. The Morgan fingerprint density at radius 1 is 0.931 bits per heavy atom. The quantitative estimate of drug-likeness (QED) is 0.486. The van der Waals surface area contributed by atoms with Crippen LogP contribution in [0, 0.1) is 5.41 Å². The second-order valence-corrected chi connectivity index (χ2v) is 8.68. The Hall–Kier alpha value is -2.96. The summed E-state index contributed by atoms with van der Waals surface area (Å²) in [6.45, 7) is 5.10. The topological polar surface area (TPSA) is 98.2 Å². The molecule has 0 unspecified atom stereocenters. The van der Waals surface area contributed by atoms with E-state index in [1.165, 1.54) is 11.3 Å². The van der Waals surface area contributed by atoms with Gasteiger partial charge in [0.05, 0.1) is 11.3 Å². The van der Waals surface area contributed by atoms with Gasteiger partial charge >= 0.3 is 0 Å². The molecule has 0 fully saturated rings. The van der Waals surface area contributed by atoms with Gasteiger partial charge in [-0.2, -0.15) is 0 Å². The van der Waals surface area contributed by atoms with Crippen molar-refractivity contribution in [3.05, 3.63) is 82.2 Å². The molecule has 5 nitrogen and oxygen atoms in total. The Bertz CT molecular complexity index is 1010. The van der Waals surface area contributed by atoms with Gasteiger partial charge in [0.15, 0.2) is 5.78 Å². The van der Waals surface area contributed by atoms with Crippen LogP contribution in [0.15, 0.2) is 60.7 Å². The predicted octanol–water partition coefficient (Wildman–Crippen LogP) is 4.19. The number of rotatable bonds is 8. The van der Waals surface area contributed by atoms with Gasteiger partial charge in [-0.15, -0.1) is 11.3 Å². The van der Waals surface area contributed by atoms with E-state index in [9.17, 15) is 9.59 Å². The molecule has 0 spiro atoms. The fourth-order valence-electron chi connectivity index (χ4n) is 2.81. The van der Waals surface area contributed by atoms with Crippen LogP contribution in [0.4, 0.5) is 10.7 Å². The highest BCUT2D eigenvalue weighted by atomic mass is 32.1. The lowest BCUT2D eigenvalue weighted by Crippen LogP contribution is -2.31. The lowest BCUT2D eigenvalue weighted by atomic mass is 9.94. The summed E-state index contributed by atoms with van der Waals surface area (Å²) >= 11 is 1.22. The Morgan fingerprint density at radius 3 is 1.97 bits per heavy atom. The Kier molecular flexibility index (Phi) is 6.15. The molecular formula is C23H25N3O2S. The smallest absolute Gasteiger partial charge is 0.205 e. The zero-order valence-electron chi connectivity index (χ0n) is 16.6. The first-order valence-electron chi connectivity index (χ1n) is 9.40. The molecule has 1 aromatic heterocycles. The molecule has 0 aliphatic heterocycles. The van der Waals surface area contributed by atoms with E-state index in [1.807, 2.05) is 26.0 Å². The first kappa shape index (κ1) is 20.8. The molecule has 0 saturated heterocycles. The van der Waals surface area contributed by atoms with Crippen LogP contribution in [0.1, 0.15) is 45.0 Å². The third kappa shape index (κ3) is 4.55. The molecule has 150 valence electrons. The zero-order valence-corrected chi connectivity index (χ0v) is 17.4. The zero-order chi connectivity index (χ0) is 21.0. The lowest BCUT2D eigenvalue weighted by molar-refractivity contribution is 0.103. The molecule has 0 saturated carbocycles. The van der Waals surface area contributed by atoms with Crippen molar-refractivity contribution < 1.29 is 9.59 Å². The Balaban J connectivity index is 2.05. The summed E-state index contributed by atoms with van der Waals surface area (Å²) in [6.07, 6.45) is 0. The first-order valence-corrected chi connectivity index (χ1v) is 10.2. The van der Waals surface area contributed by atoms with Crippen molar-refractivity contribution in [3.63, 3.8) is 0 Å². The van der Waals surface area contributed by atoms with E-state index in [2.05, 4.69) is 5.32 Å². The SMILES string of the molecule is CC(C)(CN)CNc1sc(C(=O)c2ccccc2)c(N)c1C(=O)c1ccccc1. The highest BCUT2D eigenvalue weighted by Gasteiger charge is 2.28. The number of thiophene rings is 1. The summed E-state index contributed by atoms with van der Waals surface area (Å²) in [6, 6.07) is 17.9. The van der Waals surface area contributed by atoms with E-state index in [1.54, 1.807) is 48.5 Å². The predicted molar refractivity (Wildman–Crippen MR) is 120 cm³/mol. The van der Waals surface area contributed by atoms with Crippen molar-refractivity contribution in [2.24, 2.45) is 11.1 Å². The molecule has 5 N–H and O–H groups in total. The van der Waals surface area contributed by atoms with Crippen molar-refractivity contribution in [1.29, 1.82) is 0 Å². The van der Waals surface area contributed by atoms with E-state index >= 15 is 0 Å². The first-order chi connectivity index (χ1) is 13.8. The van der Waals surface area contributed by atoms with E-state index in [-0.39, 0.29) is 22.7 Å². The number of ketones is 2. The number of carbonyl (C=O) groups excluding carboxylic acids is 2. The minimum absolute atomic E-state index is 0.171. The summed E-state index contributed by atoms with van der Waals surface area (Å²) in [7, 11) is 0. The summed E-state index contributed by atoms with van der Waals surface area (Å²) in [5.74, 6) is -0.402. The van der Waals surface area contributed by atoms with Crippen LogP contribution in [0.3, 0.4) is 0 Å². The van der Waals surface area contributed by atoms with Crippen molar-refractivity contribution in [3.8, 4) is 0 Å². The standard InChI is InChI=1S/C23H25N3O2S/c1-23(2,13-24)14-26-22-17(19(27)15-9-5-3-6-10-15)18(25)21(29-22)20(28)16-11-7-4-8-12-16/h3-12,26H,13-14,24-25H2,1-2H3. The number of carbonyl (C=O) groups is 2. The van der Waals surface area contributed by atoms with Crippen LogP contribution >= 0.6 is 11.3 Å². The molecule has 0 atom stereocenters. The molecule has 3 rings (SSSR count). The van der Waals surface area contributed by atoms with Gasteiger partial charge in [0.2, 0.25) is 5.78 Å². The summed E-state index contributed by atoms with van der Waals surface area (Å²) < 4.78 is 0. The number of nitrogens with two attached hydrogens (primary N) is 2. The fraction of sp³-hybridized carbons (Fsp3) is 0.217. The second-order valence-electron chi connectivity index (χ2n) is 7.66. The van der Waals surface area contributed by atoms with Crippen molar-refractivity contribution in [2.45, 2.75) is 13.8 Å². The van der Waals surface area contributed by atoms with Crippen LogP contribution in [0.25, 0.3) is 0 Å². The lowest BCUT2D eigenvalue weighted by Gasteiger charge is -2.23. The molecule has 0 aliphatic rings. The number of nitrogen functional groups attached to an aromatic ring is 1. The van der Waals surface area contributed by atoms with Crippen LogP contribution in [0.2, 0.25) is 0 Å². The van der Waals surface area contributed by atoms with E-state index in [4.69, 9.17) is 11.5 Å². The number of benzene rings is 2. The summed E-state index contributed by atoms with van der Waals surface area (Å²) in [5, 5.41) is 3.90. The number of anilines is 2. The van der Waals surface area contributed by atoms with Gasteiger partial charge in [-0.1, -0.05) is 74.5 Å². The molecule has 6 heteroatoms. The molecule has 2 aromatic carbocycles. The summed E-state index contributed by atoms with van der Waals surface area (Å²) in [5.41, 5.74) is 13.6. The largest absolute Gasteiger partial charge is 0.397 e. The summed E-state index contributed by atoms with van der Waals surface area (Å²) in [4.78, 5) is 26.6. The van der Waals surface area contributed by atoms with Crippen LogP contribution < -0.4 is 16.8 Å². The maximum absolute atomic E-state index is 13.2. The van der Waals surface area contributed by atoms with Gasteiger partial charge in [0.1, 0.15) is 9.88 Å². The van der Waals surface area contributed by atoms with Gasteiger partial charge in [0.25, 0.3) is 0 Å². The molecular weight excluding hydrogens is 382 g/mol. The van der Waals surface area contributed by atoms with Crippen LogP contribution in [-0.2, 0) is 0 Å². The molecule has 0 amide bonds. The molecule has 29 heavy (non-hydrogen) atoms. The van der Waals surface area contributed by atoms with Gasteiger partial charge in [-0.05, 0) is 12.0 Å². The monoisotopic (exact) mass is 407 g/mol. The van der Waals surface area contributed by atoms with Gasteiger partial charge in [0, 0.05) is 17.7 Å². The van der Waals surface area contributed by atoms with Gasteiger partial charge in [-0.3, -0.25) is 9.59 Å². The van der Waals surface area contributed by atoms with Crippen molar-refractivity contribution in [2.75, 3.05) is 24.1 Å². The second kappa shape index (κ2) is 8.59. The Morgan fingerprint density at radius 2 is 1.45 bits per heavy atom. The average molecular weight is 408 g/mol. The Labute approximate surface area is 174 Å². The highest BCUT2D eigenvalue weighted by Crippen LogP contribution is 2.39. The van der Waals surface area contributed by atoms with Crippen molar-refractivity contribution >= 4 is 33.6 Å². The van der Waals surface area contributed by atoms with E-state index < -0.39 is 0 Å². The highest BCUT2D eigenvalue weighted by molar-refractivity contribution is 7.19. The average Bonchev–Trinajstić information content (AvgIpc) is 3.08. The fourth-order valence-corrected chi connectivity index (χ4v) is 3.88. The molecule has 0 aliphatic carbocycles. The molecule has 1 heterocycles. The molecule has 3 aromatic rings. The maximum Gasteiger partial charge on any atom is 0.205 e. The van der Waals surface area contributed by atoms with Gasteiger partial charge in [-0.25, -0.2) is 0 Å².